The minimum Gasteiger partial charge on any atom is -0.385 e. The molecule has 9 heteroatoms. The predicted molar refractivity (Wildman–Crippen MR) is 117 cm³/mol. The first-order valence-corrected chi connectivity index (χ1v) is 11.4. The second-order valence-electron chi connectivity index (χ2n) is 9.36. The second kappa shape index (κ2) is 8.56. The summed E-state index contributed by atoms with van der Waals surface area (Å²) in [4.78, 5) is 40.1. The fourth-order valence-electron chi connectivity index (χ4n) is 5.19. The Morgan fingerprint density at radius 3 is 2.41 bits per heavy atom. The number of rotatable bonds is 4. The lowest BCUT2D eigenvalue weighted by Crippen LogP contribution is -2.52. The molecule has 2 N–H and O–H groups in total. The number of hydrogen-bond donors (Lipinski definition) is 2. The van der Waals surface area contributed by atoms with Crippen LogP contribution >= 0.6 is 0 Å². The zero-order valence-corrected chi connectivity index (χ0v) is 18.5. The Kier molecular flexibility index (Phi) is 5.69. The van der Waals surface area contributed by atoms with Gasteiger partial charge < -0.3 is 10.0 Å². The molecule has 0 radical (unpaired) electrons. The monoisotopic (exact) mass is 469 g/mol. The Morgan fingerprint density at radius 2 is 1.74 bits per heavy atom. The van der Waals surface area contributed by atoms with E-state index in [1.165, 1.54) is 17.0 Å². The van der Waals surface area contributed by atoms with E-state index >= 15 is 0 Å². The van der Waals surface area contributed by atoms with Crippen LogP contribution in [0.3, 0.4) is 0 Å². The SMILES string of the molecule is O=C1CCC(N2Cc3cc(C4(O)CCN(Cc5cc(F)cc(F)c5)CC4)ccc3C2=O)C(=O)N1. The normalized spacial score (nSPS) is 22.6. The van der Waals surface area contributed by atoms with E-state index < -0.39 is 29.2 Å². The number of carbonyl (C=O) groups excluding carboxylic acids is 3. The molecule has 0 aliphatic carbocycles. The Labute approximate surface area is 195 Å². The maximum Gasteiger partial charge on any atom is 0.255 e. The second-order valence-corrected chi connectivity index (χ2v) is 9.36. The van der Waals surface area contributed by atoms with Crippen LogP contribution in [0.5, 0.6) is 0 Å². The van der Waals surface area contributed by atoms with Crippen molar-refractivity contribution in [2.75, 3.05) is 13.1 Å². The van der Waals surface area contributed by atoms with Gasteiger partial charge >= 0.3 is 0 Å². The number of hydrogen-bond acceptors (Lipinski definition) is 5. The van der Waals surface area contributed by atoms with Crippen LogP contribution in [0.25, 0.3) is 0 Å². The Balaban J connectivity index is 1.27. The highest BCUT2D eigenvalue weighted by Gasteiger charge is 2.40. The van der Waals surface area contributed by atoms with Gasteiger partial charge in [0.1, 0.15) is 17.7 Å². The summed E-state index contributed by atoms with van der Waals surface area (Å²) in [6.07, 6.45) is 1.37. The molecule has 0 spiro atoms. The third-order valence-corrected chi connectivity index (χ3v) is 7.07. The number of nitrogens with zero attached hydrogens (tertiary/aromatic N) is 2. The van der Waals surface area contributed by atoms with Crippen LogP contribution in [-0.2, 0) is 28.3 Å². The topological polar surface area (TPSA) is 90.0 Å². The highest BCUT2D eigenvalue weighted by Crippen LogP contribution is 2.36. The standard InChI is InChI=1S/C25H25F2N3O4/c26-18-9-15(10-19(27)12-18)13-29-7-5-25(34,6-8-29)17-1-2-20-16(11-17)14-30(24(20)33)21-3-4-22(31)28-23(21)32/h1-2,9-12,21,34H,3-8,13-14H2,(H,28,31,32). The minimum atomic E-state index is -1.08. The number of benzene rings is 2. The zero-order valence-electron chi connectivity index (χ0n) is 18.5. The summed E-state index contributed by atoms with van der Waals surface area (Å²) in [5.74, 6) is -2.25. The van der Waals surface area contributed by atoms with Crippen LogP contribution in [0.1, 0.15) is 52.7 Å². The summed E-state index contributed by atoms with van der Waals surface area (Å²) < 4.78 is 27.0. The van der Waals surface area contributed by atoms with Gasteiger partial charge in [0.2, 0.25) is 11.8 Å². The largest absolute Gasteiger partial charge is 0.385 e. The number of nitrogens with one attached hydrogen (secondary N) is 1. The summed E-state index contributed by atoms with van der Waals surface area (Å²) in [6.45, 7) is 1.74. The van der Waals surface area contributed by atoms with Crippen molar-refractivity contribution in [2.45, 2.75) is 50.4 Å². The van der Waals surface area contributed by atoms with E-state index in [0.717, 1.165) is 11.6 Å². The van der Waals surface area contributed by atoms with Gasteiger partial charge in [-0.05, 0) is 54.2 Å². The van der Waals surface area contributed by atoms with E-state index in [1.54, 1.807) is 12.1 Å². The fraction of sp³-hybridized carbons (Fsp3) is 0.400. The molecule has 3 heterocycles. The Bertz CT molecular complexity index is 1160. The molecule has 34 heavy (non-hydrogen) atoms. The van der Waals surface area contributed by atoms with Gasteiger partial charge in [-0.15, -0.1) is 0 Å². The molecule has 1 atom stereocenters. The number of imide groups is 1. The van der Waals surface area contributed by atoms with Gasteiger partial charge in [-0.3, -0.25) is 24.6 Å². The van der Waals surface area contributed by atoms with Crippen LogP contribution in [-0.4, -0.2) is 51.8 Å². The molecule has 2 aromatic rings. The lowest BCUT2D eigenvalue weighted by atomic mass is 9.83. The maximum absolute atomic E-state index is 13.5. The molecule has 178 valence electrons. The van der Waals surface area contributed by atoms with Gasteiger partial charge in [-0.25, -0.2) is 8.78 Å². The first-order chi connectivity index (χ1) is 16.2. The third-order valence-electron chi connectivity index (χ3n) is 7.07. The molecular weight excluding hydrogens is 444 g/mol. The molecule has 3 aliphatic heterocycles. The molecule has 0 bridgehead atoms. The van der Waals surface area contributed by atoms with Crippen LogP contribution in [0.4, 0.5) is 8.78 Å². The van der Waals surface area contributed by atoms with Gasteiger partial charge in [0.25, 0.3) is 5.91 Å². The molecule has 5 rings (SSSR count). The van der Waals surface area contributed by atoms with Crippen molar-refractivity contribution in [3.05, 3.63) is 70.3 Å². The predicted octanol–water partition coefficient (Wildman–Crippen LogP) is 2.21. The number of carbonyl (C=O) groups is 3. The van der Waals surface area contributed by atoms with Crippen molar-refractivity contribution >= 4 is 17.7 Å². The zero-order chi connectivity index (χ0) is 24.0. The highest BCUT2D eigenvalue weighted by atomic mass is 19.1. The number of fused-ring (bicyclic) bond motifs is 1. The van der Waals surface area contributed by atoms with Crippen LogP contribution in [0.2, 0.25) is 0 Å². The Morgan fingerprint density at radius 1 is 1.03 bits per heavy atom. The first kappa shape index (κ1) is 22.6. The molecular formula is C25H25F2N3O4. The molecule has 2 fully saturated rings. The average Bonchev–Trinajstić information content (AvgIpc) is 3.10. The van der Waals surface area contributed by atoms with Gasteiger partial charge in [-0.1, -0.05) is 12.1 Å². The van der Waals surface area contributed by atoms with E-state index in [2.05, 4.69) is 5.32 Å². The summed E-state index contributed by atoms with van der Waals surface area (Å²) in [7, 11) is 0. The highest BCUT2D eigenvalue weighted by molar-refractivity contribution is 6.05. The Hall–Kier alpha value is -3.17. The van der Waals surface area contributed by atoms with Crippen molar-refractivity contribution in [2.24, 2.45) is 0 Å². The van der Waals surface area contributed by atoms with E-state index in [4.69, 9.17) is 0 Å². The van der Waals surface area contributed by atoms with Crippen molar-refractivity contribution < 1.29 is 28.3 Å². The number of likely N-dealkylation sites (tertiary alicyclic amines) is 1. The van der Waals surface area contributed by atoms with Crippen molar-refractivity contribution in [3.63, 3.8) is 0 Å². The third kappa shape index (κ3) is 4.21. The molecule has 2 saturated heterocycles. The summed E-state index contributed by atoms with van der Waals surface area (Å²) in [5, 5.41) is 13.6. The number of piperidine rings is 2. The quantitative estimate of drug-likeness (QED) is 0.671. The van der Waals surface area contributed by atoms with Gasteiger partial charge in [-0.2, -0.15) is 0 Å². The number of aliphatic hydroxyl groups is 1. The maximum atomic E-state index is 13.5. The summed E-state index contributed by atoms with van der Waals surface area (Å²) >= 11 is 0. The molecule has 2 aromatic carbocycles. The van der Waals surface area contributed by atoms with E-state index in [-0.39, 0.29) is 24.8 Å². The van der Waals surface area contributed by atoms with Crippen LogP contribution < -0.4 is 5.32 Å². The van der Waals surface area contributed by atoms with Crippen molar-refractivity contribution in [1.29, 1.82) is 0 Å². The van der Waals surface area contributed by atoms with Gasteiger partial charge in [0.15, 0.2) is 0 Å². The summed E-state index contributed by atoms with van der Waals surface area (Å²) in [6, 6.07) is 8.07. The van der Waals surface area contributed by atoms with Crippen molar-refractivity contribution in [3.8, 4) is 0 Å². The molecule has 0 aromatic heterocycles. The lowest BCUT2D eigenvalue weighted by Gasteiger charge is -2.38. The molecule has 3 aliphatic rings. The first-order valence-electron chi connectivity index (χ1n) is 11.4. The van der Waals surface area contributed by atoms with Gasteiger partial charge in [0, 0.05) is 44.2 Å². The van der Waals surface area contributed by atoms with E-state index in [0.29, 0.717) is 55.6 Å². The van der Waals surface area contributed by atoms with Crippen molar-refractivity contribution in [1.82, 2.24) is 15.1 Å². The minimum absolute atomic E-state index is 0.195. The molecule has 0 saturated carbocycles. The van der Waals surface area contributed by atoms with E-state index in [9.17, 15) is 28.3 Å². The molecule has 3 amide bonds. The van der Waals surface area contributed by atoms with Crippen LogP contribution in [0.15, 0.2) is 36.4 Å². The number of halogens is 2. The number of amides is 3. The average molecular weight is 469 g/mol. The molecule has 1 unspecified atom stereocenters. The van der Waals surface area contributed by atoms with Crippen LogP contribution in [0, 0.1) is 11.6 Å². The smallest absolute Gasteiger partial charge is 0.255 e. The molecule has 7 nitrogen and oxygen atoms in total. The van der Waals surface area contributed by atoms with Gasteiger partial charge in [0.05, 0.1) is 5.60 Å². The van der Waals surface area contributed by atoms with E-state index in [1.807, 2.05) is 11.0 Å². The fourth-order valence-corrected chi connectivity index (χ4v) is 5.19. The lowest BCUT2D eigenvalue weighted by molar-refractivity contribution is -0.136. The summed E-state index contributed by atoms with van der Waals surface area (Å²) in [5.41, 5.74) is 1.43.